The molecule has 2 aliphatic rings. The topological polar surface area (TPSA) is 170 Å². The Balaban J connectivity index is 0.000000181. The van der Waals surface area contributed by atoms with Gasteiger partial charge in [0.05, 0.1) is 45.0 Å². The van der Waals surface area contributed by atoms with Crippen molar-refractivity contribution in [1.29, 1.82) is 0 Å². The number of hydrogen-bond donors (Lipinski definition) is 4. The van der Waals surface area contributed by atoms with E-state index in [0.717, 1.165) is 24.3 Å². The molecule has 372 valence electrons. The van der Waals surface area contributed by atoms with Gasteiger partial charge in [0, 0.05) is 68.8 Å². The number of amides is 2. The first-order chi connectivity index (χ1) is 33.0. The van der Waals surface area contributed by atoms with Crippen LogP contribution in [0.1, 0.15) is 77.3 Å². The Hall–Kier alpha value is -6.41. The molecule has 2 amide bonds. The number of hydrogen-bond acceptors (Lipinski definition) is 8. The molecule has 8 rings (SSSR count). The van der Waals surface area contributed by atoms with Gasteiger partial charge in [-0.2, -0.15) is 10.2 Å². The number of carboxylic acids is 1. The zero-order chi connectivity index (χ0) is 51.2. The summed E-state index contributed by atoms with van der Waals surface area (Å²) < 4.78 is 90.0. The number of nitrogens with zero attached hydrogens (tertiary/aromatic N) is 5. The van der Waals surface area contributed by atoms with E-state index in [1.165, 1.54) is 58.2 Å². The van der Waals surface area contributed by atoms with Gasteiger partial charge in [-0.1, -0.05) is 47.5 Å². The fraction of sp³-hybridized carbons (Fsp3) is 0.327. The van der Waals surface area contributed by atoms with Gasteiger partial charge in [-0.05, 0) is 99.8 Å². The molecule has 70 heavy (non-hydrogen) atoms. The smallest absolute Gasteiger partial charge is 0.410 e. The maximum atomic E-state index is 14.8. The molecule has 0 spiro atoms. The molecule has 0 bridgehead atoms. The van der Waals surface area contributed by atoms with Crippen LogP contribution in [0.2, 0.25) is 10.0 Å². The van der Waals surface area contributed by atoms with Crippen LogP contribution in [0.5, 0.6) is 0 Å². The number of likely N-dealkylation sites (tertiary alicyclic amines) is 1. The van der Waals surface area contributed by atoms with Crippen LogP contribution in [0.4, 0.5) is 31.1 Å². The lowest BCUT2D eigenvalue weighted by molar-refractivity contribution is 0.0186. The van der Waals surface area contributed by atoms with E-state index < -0.39 is 64.5 Å². The largest absolute Gasteiger partial charge is 0.478 e. The number of nitrogens with two attached hydrogens (primary N) is 1. The zero-order valence-corrected chi connectivity index (χ0v) is 40.1. The summed E-state index contributed by atoms with van der Waals surface area (Å²) in [6, 6.07) is 14.9. The maximum Gasteiger partial charge on any atom is 0.410 e. The van der Waals surface area contributed by atoms with Gasteiger partial charge in [-0.3, -0.25) is 14.2 Å². The number of piperidine rings is 2. The molecule has 2 saturated heterocycles. The summed E-state index contributed by atoms with van der Waals surface area (Å²) >= 11 is 12.0. The van der Waals surface area contributed by atoms with E-state index in [-0.39, 0.29) is 29.0 Å². The van der Waals surface area contributed by atoms with Crippen LogP contribution < -0.4 is 16.4 Å². The monoisotopic (exact) mass is 1010 g/mol. The van der Waals surface area contributed by atoms with Crippen molar-refractivity contribution in [3.8, 4) is 22.5 Å². The van der Waals surface area contributed by atoms with Crippen molar-refractivity contribution in [3.63, 3.8) is 0 Å². The van der Waals surface area contributed by atoms with E-state index in [1.54, 1.807) is 51.9 Å². The van der Waals surface area contributed by atoms with Gasteiger partial charge in [0.25, 0.3) is 5.91 Å². The number of ether oxygens (including phenoxy) is 1. The molecule has 2 fully saturated rings. The molecule has 21 heteroatoms. The Morgan fingerprint density at radius 2 is 1.24 bits per heavy atom. The van der Waals surface area contributed by atoms with Crippen LogP contribution in [-0.2, 0) is 18.8 Å². The van der Waals surface area contributed by atoms with Crippen molar-refractivity contribution >= 4 is 41.2 Å². The van der Waals surface area contributed by atoms with Crippen LogP contribution in [0.3, 0.4) is 0 Å². The fourth-order valence-electron chi connectivity index (χ4n) is 8.18. The van der Waals surface area contributed by atoms with E-state index in [2.05, 4.69) is 20.8 Å². The normalized spacial score (nSPS) is 17.9. The summed E-state index contributed by atoms with van der Waals surface area (Å²) in [6.07, 6.45) is 3.72. The summed E-state index contributed by atoms with van der Waals surface area (Å²) in [5, 5.41) is 23.4. The van der Waals surface area contributed by atoms with E-state index in [1.807, 2.05) is 0 Å². The number of halogens is 8. The summed E-state index contributed by atoms with van der Waals surface area (Å²) in [7, 11) is 3.36. The number of nitrogens with one attached hydrogen (secondary N) is 2. The third-order valence-corrected chi connectivity index (χ3v) is 12.2. The molecular formula is C49H50Cl2F6N8O5. The minimum Gasteiger partial charge on any atom is -0.478 e. The number of aryl methyl sites for hydroxylation is 2. The van der Waals surface area contributed by atoms with E-state index in [9.17, 15) is 40.7 Å². The number of rotatable bonds is 7. The molecule has 5 N–H and O–H groups in total. The third kappa shape index (κ3) is 12.9. The minimum absolute atomic E-state index is 0.103. The molecule has 4 atom stereocenters. The Kier molecular flexibility index (Phi) is 17.1. The zero-order valence-electron chi connectivity index (χ0n) is 38.6. The second-order valence-corrected chi connectivity index (χ2v) is 18.4. The predicted octanol–water partition coefficient (Wildman–Crippen LogP) is 9.63. The highest BCUT2D eigenvalue weighted by atomic mass is 35.5. The molecule has 0 unspecified atom stereocenters. The number of carbonyl (C=O) groups is 3. The highest BCUT2D eigenvalue weighted by Crippen LogP contribution is 2.32. The lowest BCUT2D eigenvalue weighted by atomic mass is 9.85. The summed E-state index contributed by atoms with van der Waals surface area (Å²) in [4.78, 5) is 37.1. The summed E-state index contributed by atoms with van der Waals surface area (Å²) in [5.74, 6) is -7.31. The van der Waals surface area contributed by atoms with Crippen LogP contribution in [0, 0.1) is 34.9 Å². The molecule has 4 aromatic carbocycles. The Labute approximate surface area is 409 Å². The second-order valence-electron chi connectivity index (χ2n) is 17.6. The number of aromatic nitrogens is 4. The van der Waals surface area contributed by atoms with Gasteiger partial charge in [-0.25, -0.2) is 35.9 Å². The minimum atomic E-state index is -1.30. The molecule has 0 aliphatic carbocycles. The molecule has 0 radical (unpaired) electrons. The van der Waals surface area contributed by atoms with Gasteiger partial charge in [-0.15, -0.1) is 0 Å². The first kappa shape index (κ1) is 53.0. The van der Waals surface area contributed by atoms with Crippen LogP contribution in [-0.4, -0.2) is 91.4 Å². The Morgan fingerprint density at radius 3 is 1.69 bits per heavy atom. The van der Waals surface area contributed by atoms with Gasteiger partial charge in [0.2, 0.25) is 0 Å². The average molecular weight is 1020 g/mol. The van der Waals surface area contributed by atoms with Crippen molar-refractivity contribution in [2.45, 2.75) is 63.1 Å². The quantitative estimate of drug-likeness (QED) is 0.114. The van der Waals surface area contributed by atoms with Gasteiger partial charge < -0.3 is 31.1 Å². The number of carboxylic acid groups (broad SMARTS) is 1. The van der Waals surface area contributed by atoms with Gasteiger partial charge in [0.1, 0.15) is 17.2 Å². The van der Waals surface area contributed by atoms with Crippen LogP contribution in [0.15, 0.2) is 85.2 Å². The van der Waals surface area contributed by atoms with Crippen LogP contribution >= 0.6 is 23.2 Å². The predicted molar refractivity (Wildman–Crippen MR) is 252 cm³/mol. The lowest BCUT2D eigenvalue weighted by Gasteiger charge is -2.37. The molecular weight excluding hydrogens is 965 g/mol. The van der Waals surface area contributed by atoms with E-state index in [4.69, 9.17) is 38.8 Å². The molecule has 2 aliphatic heterocycles. The Bertz CT molecular complexity index is 2840. The van der Waals surface area contributed by atoms with Crippen molar-refractivity contribution in [2.75, 3.05) is 26.2 Å². The van der Waals surface area contributed by atoms with Crippen molar-refractivity contribution in [3.05, 3.63) is 152 Å². The number of aromatic carboxylic acids is 1. The van der Waals surface area contributed by atoms with E-state index in [0.29, 0.717) is 82.7 Å². The van der Waals surface area contributed by atoms with Crippen molar-refractivity contribution in [2.24, 2.45) is 19.8 Å². The highest BCUT2D eigenvalue weighted by Gasteiger charge is 2.33. The highest BCUT2D eigenvalue weighted by molar-refractivity contribution is 6.33. The molecule has 13 nitrogen and oxygen atoms in total. The SMILES string of the molecule is CC(C)(C)OC(=O)N1CC[C@@H](c2ccc(F)c(F)c2)[C@H](N)C1.Cn1ncc(Cl)c1-c1ccc(C(=O)N[C@@H]2CNCC[C@H]2c2ccc(F)c(F)c2)c(F)c1.Cn1ncc(Cl)c1-c1ccc(C(=O)O)c(F)c1. The molecule has 0 saturated carbocycles. The van der Waals surface area contributed by atoms with Crippen LogP contribution in [0.25, 0.3) is 22.5 Å². The number of carbonyl (C=O) groups excluding carboxylic acids is 2. The number of benzene rings is 4. The van der Waals surface area contributed by atoms with Gasteiger partial charge >= 0.3 is 12.1 Å². The lowest BCUT2D eigenvalue weighted by Crippen LogP contribution is -2.50. The third-order valence-electron chi connectivity index (χ3n) is 11.6. The van der Waals surface area contributed by atoms with Crippen molar-refractivity contribution < 1.29 is 50.6 Å². The van der Waals surface area contributed by atoms with Crippen molar-refractivity contribution in [1.82, 2.24) is 35.1 Å². The summed E-state index contributed by atoms with van der Waals surface area (Å²) in [6.45, 7) is 7.33. The first-order valence-corrected chi connectivity index (χ1v) is 22.6. The molecule has 4 heterocycles. The fourth-order valence-corrected chi connectivity index (χ4v) is 8.73. The maximum absolute atomic E-state index is 14.8. The second kappa shape index (κ2) is 22.6. The molecule has 2 aromatic heterocycles. The standard InChI is InChI=1S/C22H20ClF3N4O.C16H22F2N2O2.C11H8ClFN2O2/c1-30-21(16(23)10-28-30)13-2-4-15(18(25)9-13)22(31)29-20-11-27-7-6-14(20)12-3-5-17(24)19(26)8-12;1-16(2,3)22-15(21)20-7-6-11(14(19)9-20)10-4-5-12(17)13(18)8-10;1-15-10(8(12)5-14-15)6-2-3-7(11(16)17)9(13)4-6/h2-5,8-10,14,20,27H,6-7,11H2,1H3,(H,29,31);4-5,8,11,14H,6-7,9,19H2,1-3H3;2-5H,1H3,(H,16,17)/t14-,20+;11-,14+;/m00./s1. The van der Waals surface area contributed by atoms with E-state index >= 15 is 0 Å². The first-order valence-electron chi connectivity index (χ1n) is 21.9. The van der Waals surface area contributed by atoms with Gasteiger partial charge in [0.15, 0.2) is 23.3 Å². The average Bonchev–Trinajstić information content (AvgIpc) is 3.82. The Morgan fingerprint density at radius 1 is 0.729 bits per heavy atom. The molecule has 6 aromatic rings. The summed E-state index contributed by atoms with van der Waals surface area (Å²) in [5.41, 5.74) is 8.41.